The molecule has 0 saturated carbocycles. The largest absolute Gasteiger partial charge is 0.391 e. The van der Waals surface area contributed by atoms with Crippen molar-refractivity contribution in [2.45, 2.75) is 25.8 Å². The second-order valence-electron chi connectivity index (χ2n) is 3.37. The summed E-state index contributed by atoms with van der Waals surface area (Å²) in [6.07, 6.45) is 0.682. The molecule has 0 heterocycles. The van der Waals surface area contributed by atoms with Crippen LogP contribution in [0.1, 0.15) is 20.3 Å². The number of hydrogen-bond donors (Lipinski definition) is 2. The lowest BCUT2D eigenvalue weighted by Crippen LogP contribution is -2.56. The van der Waals surface area contributed by atoms with Gasteiger partial charge in [0.25, 0.3) is 0 Å². The molecular weight excluding hydrogens is 186 g/mol. The summed E-state index contributed by atoms with van der Waals surface area (Å²) >= 11 is 4.88. The molecule has 0 aliphatic rings. The van der Waals surface area contributed by atoms with Crippen molar-refractivity contribution in [1.82, 2.24) is 10.2 Å². The quantitative estimate of drug-likeness (QED) is 0.664. The molecule has 0 aromatic heterocycles. The Balaban J connectivity index is 4.45. The second-order valence-corrected chi connectivity index (χ2v) is 3.81. The molecule has 4 nitrogen and oxygen atoms in total. The van der Waals surface area contributed by atoms with E-state index in [0.29, 0.717) is 11.4 Å². The van der Waals surface area contributed by atoms with Gasteiger partial charge in [0.1, 0.15) is 0 Å². The van der Waals surface area contributed by atoms with Crippen molar-refractivity contribution in [2.75, 3.05) is 14.1 Å². The van der Waals surface area contributed by atoms with Gasteiger partial charge in [-0.2, -0.15) is 0 Å². The van der Waals surface area contributed by atoms with Gasteiger partial charge in [-0.05, 0) is 13.3 Å². The first-order chi connectivity index (χ1) is 5.83. The van der Waals surface area contributed by atoms with Gasteiger partial charge in [-0.3, -0.25) is 0 Å². The topological polar surface area (TPSA) is 58.4 Å². The van der Waals surface area contributed by atoms with E-state index >= 15 is 0 Å². The lowest BCUT2D eigenvalue weighted by molar-refractivity contribution is 0.210. The number of nitrogens with one attached hydrogen (secondary N) is 1. The van der Waals surface area contributed by atoms with Crippen LogP contribution in [-0.2, 0) is 0 Å². The third kappa shape index (κ3) is 3.18. The van der Waals surface area contributed by atoms with Gasteiger partial charge in [-0.15, -0.1) is 0 Å². The van der Waals surface area contributed by atoms with Crippen LogP contribution in [-0.4, -0.2) is 35.6 Å². The lowest BCUT2D eigenvalue weighted by Gasteiger charge is -2.29. The SMILES string of the molecule is CCC(C)(NC(=O)N(C)C)C(N)=S. The van der Waals surface area contributed by atoms with Gasteiger partial charge in [0, 0.05) is 14.1 Å². The molecule has 3 N–H and O–H groups in total. The molecule has 1 atom stereocenters. The standard InChI is InChI=1S/C8H17N3OS/c1-5-8(2,6(9)13)10-7(12)11(3)4/h5H2,1-4H3,(H2,9,13)(H,10,12). The molecule has 0 saturated heterocycles. The molecule has 76 valence electrons. The van der Waals surface area contributed by atoms with E-state index in [1.165, 1.54) is 4.90 Å². The van der Waals surface area contributed by atoms with Gasteiger partial charge in [0.05, 0.1) is 10.5 Å². The summed E-state index contributed by atoms with van der Waals surface area (Å²) in [5, 5.41) is 2.76. The summed E-state index contributed by atoms with van der Waals surface area (Å²) in [7, 11) is 3.34. The van der Waals surface area contributed by atoms with E-state index in [1.807, 2.05) is 13.8 Å². The van der Waals surface area contributed by atoms with Crippen LogP contribution in [0.2, 0.25) is 0 Å². The van der Waals surface area contributed by atoms with Crippen LogP contribution >= 0.6 is 12.2 Å². The average Bonchev–Trinajstić information content (AvgIpc) is 2.03. The Kier molecular flexibility index (Phi) is 4.13. The first-order valence-electron chi connectivity index (χ1n) is 4.13. The summed E-state index contributed by atoms with van der Waals surface area (Å²) in [6, 6.07) is -0.183. The van der Waals surface area contributed by atoms with Gasteiger partial charge in [-0.25, -0.2) is 4.79 Å². The highest BCUT2D eigenvalue weighted by Gasteiger charge is 2.27. The van der Waals surface area contributed by atoms with E-state index in [0.717, 1.165) is 0 Å². The summed E-state index contributed by atoms with van der Waals surface area (Å²) in [5.41, 5.74) is 4.94. The minimum Gasteiger partial charge on any atom is -0.391 e. The molecule has 0 rings (SSSR count). The van der Waals surface area contributed by atoms with Gasteiger partial charge in [-0.1, -0.05) is 19.1 Å². The Labute approximate surface area is 84.5 Å². The number of nitrogens with zero attached hydrogens (tertiary/aromatic N) is 1. The summed E-state index contributed by atoms with van der Waals surface area (Å²) in [6.45, 7) is 3.74. The van der Waals surface area contributed by atoms with Crippen LogP contribution in [0.3, 0.4) is 0 Å². The zero-order valence-corrected chi connectivity index (χ0v) is 9.36. The lowest BCUT2D eigenvalue weighted by atomic mass is 9.99. The van der Waals surface area contributed by atoms with E-state index in [4.69, 9.17) is 18.0 Å². The number of rotatable bonds is 3. The van der Waals surface area contributed by atoms with Crippen molar-refractivity contribution in [3.63, 3.8) is 0 Å². The maximum atomic E-state index is 11.3. The van der Waals surface area contributed by atoms with Gasteiger partial charge >= 0.3 is 6.03 Å². The molecule has 0 aromatic rings. The van der Waals surface area contributed by atoms with Crippen molar-refractivity contribution in [3.8, 4) is 0 Å². The van der Waals surface area contributed by atoms with Crippen molar-refractivity contribution < 1.29 is 4.79 Å². The first kappa shape index (κ1) is 12.2. The number of nitrogens with two attached hydrogens (primary N) is 1. The third-order valence-electron chi connectivity index (χ3n) is 2.04. The molecule has 0 spiro atoms. The number of carbonyl (C=O) groups excluding carboxylic acids is 1. The van der Waals surface area contributed by atoms with E-state index in [9.17, 15) is 4.79 Å². The molecule has 0 bridgehead atoms. The van der Waals surface area contributed by atoms with Crippen LogP contribution < -0.4 is 11.1 Å². The zero-order valence-electron chi connectivity index (χ0n) is 8.55. The van der Waals surface area contributed by atoms with E-state index < -0.39 is 5.54 Å². The average molecular weight is 203 g/mol. The molecule has 5 heteroatoms. The maximum absolute atomic E-state index is 11.3. The highest BCUT2D eigenvalue weighted by Crippen LogP contribution is 2.09. The van der Waals surface area contributed by atoms with Gasteiger partial charge in [0.2, 0.25) is 0 Å². The predicted octanol–water partition coefficient (Wildman–Crippen LogP) is 0.712. The molecule has 0 fully saturated rings. The molecule has 0 aliphatic carbocycles. The fourth-order valence-corrected chi connectivity index (χ4v) is 0.867. The molecule has 0 aliphatic heterocycles. The van der Waals surface area contributed by atoms with E-state index in [2.05, 4.69) is 5.32 Å². The highest BCUT2D eigenvalue weighted by atomic mass is 32.1. The Bertz CT molecular complexity index is 217. The fraction of sp³-hybridized carbons (Fsp3) is 0.750. The third-order valence-corrected chi connectivity index (χ3v) is 2.49. The number of hydrogen-bond acceptors (Lipinski definition) is 2. The number of amides is 2. The highest BCUT2D eigenvalue weighted by molar-refractivity contribution is 7.80. The fourth-order valence-electron chi connectivity index (χ4n) is 0.672. The summed E-state index contributed by atoms with van der Waals surface area (Å²) in [4.78, 5) is 13.1. The molecule has 13 heavy (non-hydrogen) atoms. The van der Waals surface area contributed by atoms with Crippen molar-refractivity contribution in [3.05, 3.63) is 0 Å². The predicted molar refractivity (Wildman–Crippen MR) is 57.7 cm³/mol. The first-order valence-corrected chi connectivity index (χ1v) is 4.53. The second kappa shape index (κ2) is 4.41. The maximum Gasteiger partial charge on any atom is 0.317 e. The normalized spacial score (nSPS) is 14.5. The zero-order chi connectivity index (χ0) is 10.6. The number of carbonyl (C=O) groups is 1. The molecule has 0 radical (unpaired) electrons. The van der Waals surface area contributed by atoms with Gasteiger partial charge < -0.3 is 16.0 Å². The van der Waals surface area contributed by atoms with Crippen molar-refractivity contribution in [1.29, 1.82) is 0 Å². The van der Waals surface area contributed by atoms with Crippen LogP contribution in [0.5, 0.6) is 0 Å². The summed E-state index contributed by atoms with van der Waals surface area (Å²) in [5.74, 6) is 0. The Hall–Kier alpha value is -0.840. The molecule has 0 aromatic carbocycles. The monoisotopic (exact) mass is 203 g/mol. The number of thiocarbonyl (C=S) groups is 1. The molecule has 1 unspecified atom stereocenters. The van der Waals surface area contributed by atoms with Crippen LogP contribution in [0.25, 0.3) is 0 Å². The van der Waals surface area contributed by atoms with Crippen LogP contribution in [0, 0.1) is 0 Å². The summed E-state index contributed by atoms with van der Waals surface area (Å²) < 4.78 is 0. The molecular formula is C8H17N3OS. The molecule has 2 amide bonds. The van der Waals surface area contributed by atoms with Crippen molar-refractivity contribution in [2.24, 2.45) is 5.73 Å². The Morgan fingerprint density at radius 1 is 1.62 bits per heavy atom. The van der Waals surface area contributed by atoms with Crippen molar-refractivity contribution >= 4 is 23.2 Å². The van der Waals surface area contributed by atoms with Crippen LogP contribution in [0.15, 0.2) is 0 Å². The smallest absolute Gasteiger partial charge is 0.317 e. The Morgan fingerprint density at radius 2 is 2.08 bits per heavy atom. The minimum atomic E-state index is -0.587. The van der Waals surface area contributed by atoms with Gasteiger partial charge in [0.15, 0.2) is 0 Å². The van der Waals surface area contributed by atoms with E-state index in [1.54, 1.807) is 14.1 Å². The number of urea groups is 1. The van der Waals surface area contributed by atoms with Crippen LogP contribution in [0.4, 0.5) is 4.79 Å². The Morgan fingerprint density at radius 3 is 2.31 bits per heavy atom. The van der Waals surface area contributed by atoms with E-state index in [-0.39, 0.29) is 6.03 Å². The minimum absolute atomic E-state index is 0.183.